The second-order valence-corrected chi connectivity index (χ2v) is 4.21. The summed E-state index contributed by atoms with van der Waals surface area (Å²) in [6, 6.07) is 11.4. The maximum absolute atomic E-state index is 10.1. The van der Waals surface area contributed by atoms with Gasteiger partial charge >= 0.3 is 0 Å². The topological polar surface area (TPSA) is 40.5 Å². The van der Waals surface area contributed by atoms with Crippen molar-refractivity contribution in [2.75, 3.05) is 0 Å². The number of aromatic hydroxyl groups is 1. The summed E-state index contributed by atoms with van der Waals surface area (Å²) in [4.78, 5) is 0. The molecular weight excluding hydrogens is 188 g/mol. The Hall–Kier alpha value is -1.54. The smallest absolute Gasteiger partial charge is 0.122 e. The minimum absolute atomic E-state index is 0.203. The minimum atomic E-state index is -0.787. The zero-order chi connectivity index (χ0) is 10.5. The van der Waals surface area contributed by atoms with Gasteiger partial charge in [0.25, 0.3) is 0 Å². The number of aliphatic hydroxyl groups is 1. The van der Waals surface area contributed by atoms with Crippen molar-refractivity contribution >= 4 is 10.8 Å². The second-order valence-electron chi connectivity index (χ2n) is 4.21. The minimum Gasteiger partial charge on any atom is -0.508 e. The van der Waals surface area contributed by atoms with Gasteiger partial charge in [-0.2, -0.15) is 0 Å². The van der Waals surface area contributed by atoms with Crippen LogP contribution < -0.4 is 0 Å². The molecule has 0 aromatic heterocycles. The van der Waals surface area contributed by atoms with Crippen molar-refractivity contribution in [2.24, 2.45) is 0 Å². The molecule has 1 fully saturated rings. The first kappa shape index (κ1) is 8.74. The first-order valence-corrected chi connectivity index (χ1v) is 5.14. The van der Waals surface area contributed by atoms with E-state index in [1.807, 2.05) is 30.3 Å². The van der Waals surface area contributed by atoms with Crippen LogP contribution in [0.15, 0.2) is 36.4 Å². The summed E-state index contributed by atoms with van der Waals surface area (Å²) in [5.41, 5.74) is -0.0918. The van der Waals surface area contributed by atoms with Gasteiger partial charge in [0.1, 0.15) is 5.75 Å². The van der Waals surface area contributed by atoms with Gasteiger partial charge in [-0.3, -0.25) is 0 Å². The molecule has 2 aromatic rings. The molecule has 76 valence electrons. The van der Waals surface area contributed by atoms with Crippen LogP contribution in [-0.4, -0.2) is 10.2 Å². The molecule has 0 amide bonds. The number of phenolic OH excluding ortho intramolecular Hbond substituents is 1. The number of fused-ring (bicyclic) bond motifs is 1. The fourth-order valence-corrected chi connectivity index (χ4v) is 2.12. The molecule has 1 aliphatic carbocycles. The van der Waals surface area contributed by atoms with Gasteiger partial charge in [0.2, 0.25) is 0 Å². The van der Waals surface area contributed by atoms with Gasteiger partial charge in [-0.1, -0.05) is 30.3 Å². The van der Waals surface area contributed by atoms with Crippen LogP contribution in [0, 0.1) is 0 Å². The van der Waals surface area contributed by atoms with E-state index < -0.39 is 5.60 Å². The molecule has 1 aliphatic rings. The largest absolute Gasteiger partial charge is 0.508 e. The molecule has 2 heteroatoms. The monoisotopic (exact) mass is 200 g/mol. The van der Waals surface area contributed by atoms with E-state index in [1.54, 1.807) is 6.07 Å². The summed E-state index contributed by atoms with van der Waals surface area (Å²) in [5, 5.41) is 22.0. The van der Waals surface area contributed by atoms with Crippen molar-refractivity contribution in [1.29, 1.82) is 0 Å². The lowest BCUT2D eigenvalue weighted by Crippen LogP contribution is -2.05. The number of hydrogen-bond donors (Lipinski definition) is 2. The third-order valence-corrected chi connectivity index (χ3v) is 3.10. The molecule has 2 aromatic carbocycles. The predicted molar refractivity (Wildman–Crippen MR) is 58.7 cm³/mol. The Morgan fingerprint density at radius 2 is 1.73 bits per heavy atom. The van der Waals surface area contributed by atoms with Gasteiger partial charge in [-0.05, 0) is 29.7 Å². The normalized spacial score (nSPS) is 17.9. The molecule has 0 saturated heterocycles. The first-order chi connectivity index (χ1) is 7.21. The van der Waals surface area contributed by atoms with Crippen LogP contribution >= 0.6 is 0 Å². The summed E-state index contributed by atoms with van der Waals surface area (Å²) >= 11 is 0. The van der Waals surface area contributed by atoms with Crippen LogP contribution in [-0.2, 0) is 5.60 Å². The van der Waals surface area contributed by atoms with Gasteiger partial charge < -0.3 is 10.2 Å². The quantitative estimate of drug-likeness (QED) is 0.742. The van der Waals surface area contributed by atoms with Crippen LogP contribution in [0.5, 0.6) is 5.75 Å². The molecule has 15 heavy (non-hydrogen) atoms. The van der Waals surface area contributed by atoms with Crippen molar-refractivity contribution in [2.45, 2.75) is 18.4 Å². The lowest BCUT2D eigenvalue weighted by molar-refractivity contribution is 0.149. The Bertz CT molecular complexity index is 527. The fraction of sp³-hybridized carbons (Fsp3) is 0.231. The molecule has 1 saturated carbocycles. The standard InChI is InChI=1S/C13H12O2/c14-11-6-5-9-3-1-2-4-10(9)12(11)13(15)7-8-13/h1-6,14-15H,7-8H2. The molecule has 0 unspecified atom stereocenters. The SMILES string of the molecule is Oc1ccc2ccccc2c1C1(O)CC1. The Labute approximate surface area is 87.8 Å². The van der Waals surface area contributed by atoms with Gasteiger partial charge in [0.15, 0.2) is 0 Å². The van der Waals surface area contributed by atoms with E-state index in [4.69, 9.17) is 0 Å². The summed E-state index contributed by atoms with van der Waals surface area (Å²) in [7, 11) is 0. The maximum atomic E-state index is 10.1. The van der Waals surface area contributed by atoms with Crippen molar-refractivity contribution in [3.8, 4) is 5.75 Å². The molecule has 0 radical (unpaired) electrons. The highest BCUT2D eigenvalue weighted by molar-refractivity contribution is 5.88. The number of phenols is 1. The van der Waals surface area contributed by atoms with Gasteiger partial charge in [0.05, 0.1) is 5.60 Å². The lowest BCUT2D eigenvalue weighted by atomic mass is 9.98. The third-order valence-electron chi connectivity index (χ3n) is 3.10. The van der Waals surface area contributed by atoms with Crippen LogP contribution in [0.25, 0.3) is 10.8 Å². The summed E-state index contributed by atoms with van der Waals surface area (Å²) in [6.45, 7) is 0. The molecular formula is C13H12O2. The Morgan fingerprint density at radius 3 is 2.47 bits per heavy atom. The third kappa shape index (κ3) is 1.22. The van der Waals surface area contributed by atoms with Crippen molar-refractivity contribution in [3.63, 3.8) is 0 Å². The van der Waals surface area contributed by atoms with E-state index in [0.29, 0.717) is 5.56 Å². The van der Waals surface area contributed by atoms with Crippen LogP contribution in [0.3, 0.4) is 0 Å². The molecule has 0 heterocycles. The Kier molecular flexibility index (Phi) is 1.59. The fourth-order valence-electron chi connectivity index (χ4n) is 2.12. The van der Waals surface area contributed by atoms with E-state index in [-0.39, 0.29) is 5.75 Å². The molecule has 0 spiro atoms. The van der Waals surface area contributed by atoms with E-state index in [0.717, 1.165) is 23.6 Å². The lowest BCUT2D eigenvalue weighted by Gasteiger charge is -2.13. The average Bonchev–Trinajstić information content (AvgIpc) is 2.97. The second kappa shape index (κ2) is 2.74. The molecule has 0 bridgehead atoms. The highest BCUT2D eigenvalue weighted by Crippen LogP contribution is 2.50. The van der Waals surface area contributed by atoms with E-state index in [2.05, 4.69) is 0 Å². The van der Waals surface area contributed by atoms with Crippen LogP contribution in [0.4, 0.5) is 0 Å². The van der Waals surface area contributed by atoms with E-state index in [9.17, 15) is 10.2 Å². The predicted octanol–water partition coefficient (Wildman–Crippen LogP) is 2.53. The number of hydrogen-bond acceptors (Lipinski definition) is 2. The molecule has 0 atom stereocenters. The van der Waals surface area contributed by atoms with Gasteiger partial charge in [0, 0.05) is 5.56 Å². The maximum Gasteiger partial charge on any atom is 0.122 e. The van der Waals surface area contributed by atoms with Crippen molar-refractivity contribution < 1.29 is 10.2 Å². The molecule has 3 rings (SSSR count). The summed E-state index contributed by atoms with van der Waals surface area (Å²) in [5.74, 6) is 0.203. The Balaban J connectivity index is 2.38. The summed E-state index contributed by atoms with van der Waals surface area (Å²) < 4.78 is 0. The van der Waals surface area contributed by atoms with Crippen molar-refractivity contribution in [1.82, 2.24) is 0 Å². The van der Waals surface area contributed by atoms with Crippen molar-refractivity contribution in [3.05, 3.63) is 42.0 Å². The van der Waals surface area contributed by atoms with Crippen LogP contribution in [0.2, 0.25) is 0 Å². The zero-order valence-electron chi connectivity index (χ0n) is 8.27. The van der Waals surface area contributed by atoms with Crippen LogP contribution in [0.1, 0.15) is 18.4 Å². The van der Waals surface area contributed by atoms with Gasteiger partial charge in [-0.15, -0.1) is 0 Å². The van der Waals surface area contributed by atoms with E-state index >= 15 is 0 Å². The summed E-state index contributed by atoms with van der Waals surface area (Å²) in [6.07, 6.45) is 1.49. The first-order valence-electron chi connectivity index (χ1n) is 5.14. The van der Waals surface area contributed by atoms with E-state index in [1.165, 1.54) is 0 Å². The molecule has 2 nitrogen and oxygen atoms in total. The average molecular weight is 200 g/mol. The molecule has 0 aliphatic heterocycles. The van der Waals surface area contributed by atoms with Gasteiger partial charge in [-0.25, -0.2) is 0 Å². The number of benzene rings is 2. The Morgan fingerprint density at radius 1 is 1.00 bits per heavy atom. The zero-order valence-corrected chi connectivity index (χ0v) is 8.27. The highest BCUT2D eigenvalue weighted by atomic mass is 16.3. The molecule has 2 N–H and O–H groups in total. The highest BCUT2D eigenvalue weighted by Gasteiger charge is 2.45. The number of rotatable bonds is 1.